The van der Waals surface area contributed by atoms with Crippen LogP contribution in [0, 0.1) is 12.7 Å². The molecule has 2 aromatic carbocycles. The van der Waals surface area contributed by atoms with Gasteiger partial charge in [-0.25, -0.2) is 17.5 Å². The lowest BCUT2D eigenvalue weighted by Crippen LogP contribution is -2.27. The molecule has 0 saturated heterocycles. The number of fused-ring (bicyclic) bond motifs is 1. The van der Waals surface area contributed by atoms with E-state index in [4.69, 9.17) is 4.74 Å². The fraction of sp³-hybridized carbons (Fsp3) is 0.188. The Balaban J connectivity index is 1.79. The standard InChI is InChI=1S/C16H15FN2O4S/c1-10-2-3-11(6-13(10)17)8-18-24(21,22)12-4-5-15-14(7-12)19-16(20)9-23-15/h2-7,18H,8-9H2,1H3,(H,19,20). The summed E-state index contributed by atoms with van der Waals surface area (Å²) in [5, 5.41) is 2.55. The predicted octanol–water partition coefficient (Wildman–Crippen LogP) is 1.94. The molecule has 1 aliphatic rings. The molecule has 2 N–H and O–H groups in total. The Morgan fingerprint density at radius 3 is 2.79 bits per heavy atom. The maximum absolute atomic E-state index is 13.5. The third kappa shape index (κ3) is 3.39. The van der Waals surface area contributed by atoms with E-state index in [1.165, 1.54) is 24.3 Å². The zero-order chi connectivity index (χ0) is 17.3. The summed E-state index contributed by atoms with van der Waals surface area (Å²) in [6, 6.07) is 8.72. The van der Waals surface area contributed by atoms with E-state index in [1.54, 1.807) is 19.1 Å². The quantitative estimate of drug-likeness (QED) is 0.883. The molecule has 0 fully saturated rings. The molecule has 0 radical (unpaired) electrons. The number of rotatable bonds is 4. The third-order valence-electron chi connectivity index (χ3n) is 3.60. The molecular weight excluding hydrogens is 335 g/mol. The van der Waals surface area contributed by atoms with Gasteiger partial charge >= 0.3 is 0 Å². The SMILES string of the molecule is Cc1ccc(CNS(=O)(=O)c2ccc3c(c2)NC(=O)CO3)cc1F. The highest BCUT2D eigenvalue weighted by Gasteiger charge is 2.20. The van der Waals surface area contributed by atoms with Crippen molar-refractivity contribution in [1.82, 2.24) is 4.72 Å². The molecule has 0 bridgehead atoms. The Bertz CT molecular complexity index is 912. The topological polar surface area (TPSA) is 84.5 Å². The first-order valence-electron chi connectivity index (χ1n) is 7.16. The van der Waals surface area contributed by atoms with E-state index in [-0.39, 0.29) is 29.8 Å². The molecule has 0 saturated carbocycles. The molecule has 126 valence electrons. The van der Waals surface area contributed by atoms with Crippen molar-refractivity contribution in [3.05, 3.63) is 53.3 Å². The number of halogens is 1. The minimum atomic E-state index is -3.81. The van der Waals surface area contributed by atoms with Crippen molar-refractivity contribution in [2.24, 2.45) is 0 Å². The first-order valence-corrected chi connectivity index (χ1v) is 8.65. The van der Waals surface area contributed by atoms with E-state index in [0.717, 1.165) is 0 Å². The van der Waals surface area contributed by atoms with Gasteiger partial charge in [-0.2, -0.15) is 0 Å². The second-order valence-corrected chi connectivity index (χ2v) is 7.17. The lowest BCUT2D eigenvalue weighted by atomic mass is 10.1. The second-order valence-electron chi connectivity index (χ2n) is 5.40. The number of amides is 1. The van der Waals surface area contributed by atoms with Crippen LogP contribution in [0.1, 0.15) is 11.1 Å². The Morgan fingerprint density at radius 2 is 2.04 bits per heavy atom. The zero-order valence-corrected chi connectivity index (χ0v) is 13.6. The predicted molar refractivity (Wildman–Crippen MR) is 85.7 cm³/mol. The fourth-order valence-electron chi connectivity index (χ4n) is 2.24. The molecule has 1 heterocycles. The molecule has 3 rings (SSSR count). The molecule has 0 spiro atoms. The lowest BCUT2D eigenvalue weighted by molar-refractivity contribution is -0.118. The van der Waals surface area contributed by atoms with Gasteiger partial charge < -0.3 is 10.1 Å². The molecule has 24 heavy (non-hydrogen) atoms. The van der Waals surface area contributed by atoms with Crippen LogP contribution in [0.3, 0.4) is 0 Å². The molecule has 0 aromatic heterocycles. The van der Waals surface area contributed by atoms with E-state index >= 15 is 0 Å². The highest BCUT2D eigenvalue weighted by Crippen LogP contribution is 2.30. The molecule has 1 aliphatic heterocycles. The summed E-state index contributed by atoms with van der Waals surface area (Å²) in [4.78, 5) is 11.3. The number of carbonyl (C=O) groups excluding carboxylic acids is 1. The highest BCUT2D eigenvalue weighted by molar-refractivity contribution is 7.89. The molecule has 6 nitrogen and oxygen atoms in total. The zero-order valence-electron chi connectivity index (χ0n) is 12.8. The maximum atomic E-state index is 13.5. The number of aryl methyl sites for hydroxylation is 1. The van der Waals surface area contributed by atoms with Crippen LogP contribution in [0.5, 0.6) is 5.75 Å². The third-order valence-corrected chi connectivity index (χ3v) is 5.00. The fourth-order valence-corrected chi connectivity index (χ4v) is 3.28. The molecule has 0 aliphatic carbocycles. The summed E-state index contributed by atoms with van der Waals surface area (Å²) >= 11 is 0. The first-order chi connectivity index (χ1) is 11.3. The van der Waals surface area contributed by atoms with Gasteiger partial charge in [0.05, 0.1) is 10.6 Å². The van der Waals surface area contributed by atoms with Crippen LogP contribution in [0.15, 0.2) is 41.3 Å². The van der Waals surface area contributed by atoms with Crippen molar-refractivity contribution in [3.8, 4) is 5.75 Å². The average Bonchev–Trinajstić information content (AvgIpc) is 2.55. The van der Waals surface area contributed by atoms with E-state index in [9.17, 15) is 17.6 Å². The second kappa shape index (κ2) is 6.21. The molecule has 1 amide bonds. The van der Waals surface area contributed by atoms with E-state index < -0.39 is 10.0 Å². The number of ether oxygens (including phenoxy) is 1. The van der Waals surface area contributed by atoms with Gasteiger partial charge in [-0.05, 0) is 42.3 Å². The van der Waals surface area contributed by atoms with Crippen molar-refractivity contribution in [2.45, 2.75) is 18.4 Å². The van der Waals surface area contributed by atoms with E-state index in [1.807, 2.05) is 0 Å². The smallest absolute Gasteiger partial charge is 0.262 e. The van der Waals surface area contributed by atoms with Crippen LogP contribution in [0.4, 0.5) is 10.1 Å². The molecular formula is C16H15FN2O4S. The van der Waals surface area contributed by atoms with Gasteiger partial charge in [0.2, 0.25) is 10.0 Å². The molecule has 2 aromatic rings. The minimum Gasteiger partial charge on any atom is -0.482 e. The van der Waals surface area contributed by atoms with E-state index in [2.05, 4.69) is 10.0 Å². The van der Waals surface area contributed by atoms with Crippen LogP contribution in [0.2, 0.25) is 0 Å². The van der Waals surface area contributed by atoms with Crippen molar-refractivity contribution in [3.63, 3.8) is 0 Å². The summed E-state index contributed by atoms with van der Waals surface area (Å²) in [7, 11) is -3.81. The summed E-state index contributed by atoms with van der Waals surface area (Å²) in [5.41, 5.74) is 1.30. The monoisotopic (exact) mass is 350 g/mol. The minimum absolute atomic E-state index is 0.0142. The Kier molecular flexibility index (Phi) is 4.25. The van der Waals surface area contributed by atoms with Gasteiger partial charge in [-0.15, -0.1) is 0 Å². The van der Waals surface area contributed by atoms with Crippen LogP contribution in [-0.2, 0) is 21.4 Å². The maximum Gasteiger partial charge on any atom is 0.262 e. The highest BCUT2D eigenvalue weighted by atomic mass is 32.2. The van der Waals surface area contributed by atoms with Crippen molar-refractivity contribution < 1.29 is 22.3 Å². The summed E-state index contributed by atoms with van der Waals surface area (Å²) in [5.74, 6) is -0.324. The summed E-state index contributed by atoms with van der Waals surface area (Å²) in [6.07, 6.45) is 0. The van der Waals surface area contributed by atoms with Crippen molar-refractivity contribution in [1.29, 1.82) is 0 Å². The normalized spacial score (nSPS) is 13.8. The van der Waals surface area contributed by atoms with Crippen molar-refractivity contribution in [2.75, 3.05) is 11.9 Å². The number of benzene rings is 2. The van der Waals surface area contributed by atoms with Crippen LogP contribution in [-0.4, -0.2) is 20.9 Å². The van der Waals surface area contributed by atoms with Gasteiger partial charge in [0, 0.05) is 6.54 Å². The summed E-state index contributed by atoms with van der Waals surface area (Å²) < 4.78 is 45.8. The van der Waals surface area contributed by atoms with Gasteiger partial charge in [0.15, 0.2) is 6.61 Å². The van der Waals surface area contributed by atoms with Gasteiger partial charge in [0.25, 0.3) is 5.91 Å². The molecule has 0 unspecified atom stereocenters. The van der Waals surface area contributed by atoms with Crippen LogP contribution < -0.4 is 14.8 Å². The molecule has 0 atom stereocenters. The Morgan fingerprint density at radius 1 is 1.25 bits per heavy atom. The number of sulfonamides is 1. The number of hydrogen-bond donors (Lipinski definition) is 2. The van der Waals surface area contributed by atoms with Gasteiger partial charge in [-0.3, -0.25) is 4.79 Å². The van der Waals surface area contributed by atoms with Crippen LogP contribution in [0.25, 0.3) is 0 Å². The largest absolute Gasteiger partial charge is 0.482 e. The van der Waals surface area contributed by atoms with Gasteiger partial charge in [-0.1, -0.05) is 12.1 Å². The Hall–Kier alpha value is -2.45. The van der Waals surface area contributed by atoms with Crippen molar-refractivity contribution >= 4 is 21.6 Å². The summed E-state index contributed by atoms with van der Waals surface area (Å²) in [6.45, 7) is 1.49. The van der Waals surface area contributed by atoms with Gasteiger partial charge in [0.1, 0.15) is 11.6 Å². The van der Waals surface area contributed by atoms with Crippen LogP contribution >= 0.6 is 0 Å². The van der Waals surface area contributed by atoms with E-state index in [0.29, 0.717) is 22.6 Å². The number of anilines is 1. The number of carbonyl (C=O) groups is 1. The lowest BCUT2D eigenvalue weighted by Gasteiger charge is -2.18. The molecule has 8 heteroatoms. The average molecular weight is 350 g/mol. The number of nitrogens with one attached hydrogen (secondary N) is 2. The Labute approximate surface area is 138 Å². The first kappa shape index (κ1) is 16.4. The number of hydrogen-bond acceptors (Lipinski definition) is 4.